The number of rotatable bonds is 1. The van der Waals surface area contributed by atoms with E-state index in [1.807, 2.05) is 0 Å². The van der Waals surface area contributed by atoms with Crippen LogP contribution < -0.4 is 10.9 Å². The first-order valence-electron chi connectivity index (χ1n) is 2.79. The number of aliphatic hydroxyl groups excluding tert-OH is 1. The van der Waals surface area contributed by atoms with Gasteiger partial charge >= 0.3 is 0 Å². The zero-order valence-electron chi connectivity index (χ0n) is 4.92. The molecule has 0 aromatic carbocycles. The molecule has 0 aromatic rings. The third-order valence-corrected chi connectivity index (χ3v) is 1.18. The summed E-state index contributed by atoms with van der Waals surface area (Å²) in [6.07, 6.45) is 1.08. The number of aliphatic hydroxyl groups is 1. The van der Waals surface area contributed by atoms with Crippen LogP contribution in [0.3, 0.4) is 0 Å². The van der Waals surface area contributed by atoms with Gasteiger partial charge in [0.05, 0.1) is 0 Å². The van der Waals surface area contributed by atoms with Crippen LogP contribution in [0.5, 0.6) is 0 Å². The molecule has 52 valence electrons. The zero-order valence-corrected chi connectivity index (χ0v) is 5.74. The highest BCUT2D eigenvalue weighted by atomic mass is 32.1. The summed E-state index contributed by atoms with van der Waals surface area (Å²) in [5.41, 5.74) is 5.51. The van der Waals surface area contributed by atoms with Crippen molar-refractivity contribution in [3.63, 3.8) is 0 Å². The van der Waals surface area contributed by atoms with E-state index in [4.69, 9.17) is 5.11 Å². The van der Waals surface area contributed by atoms with Crippen LogP contribution in [-0.4, -0.2) is 28.5 Å². The van der Waals surface area contributed by atoms with E-state index >= 15 is 0 Å². The van der Waals surface area contributed by atoms with Crippen LogP contribution in [0.1, 0.15) is 6.42 Å². The van der Waals surface area contributed by atoms with Crippen molar-refractivity contribution >= 4 is 17.4 Å². The van der Waals surface area contributed by atoms with E-state index in [2.05, 4.69) is 23.1 Å². The third kappa shape index (κ3) is 2.13. The van der Waals surface area contributed by atoms with Crippen LogP contribution in [0.15, 0.2) is 0 Å². The van der Waals surface area contributed by atoms with Crippen molar-refractivity contribution in [2.24, 2.45) is 0 Å². The Bertz CT molecular complexity index is 112. The summed E-state index contributed by atoms with van der Waals surface area (Å²) in [6.45, 7) is 1.82. The van der Waals surface area contributed by atoms with Gasteiger partial charge < -0.3 is 5.11 Å². The van der Waals surface area contributed by atoms with Gasteiger partial charge in [-0.15, -0.1) is 0 Å². The van der Waals surface area contributed by atoms with Crippen LogP contribution >= 0.6 is 12.2 Å². The Morgan fingerprint density at radius 1 is 1.78 bits per heavy atom. The lowest BCUT2D eigenvalue weighted by atomic mass is 10.5. The Balaban J connectivity index is 2.19. The van der Waals surface area contributed by atoms with Gasteiger partial charge in [0.25, 0.3) is 5.17 Å². The average molecular weight is 147 g/mol. The molecule has 0 radical (unpaired) electrons. The summed E-state index contributed by atoms with van der Waals surface area (Å²) in [5, 5.41) is 10.0. The van der Waals surface area contributed by atoms with E-state index in [9.17, 15) is 0 Å². The highest BCUT2D eigenvalue weighted by Crippen LogP contribution is 1.90. The molecule has 4 nitrogen and oxygen atoms in total. The van der Waals surface area contributed by atoms with Gasteiger partial charge in [-0.05, 0) is 18.6 Å². The average Bonchev–Trinajstić information content (AvgIpc) is 2.15. The summed E-state index contributed by atoms with van der Waals surface area (Å²) in [6, 6.07) is 0. The standard InChI is InChI=1S/C4H9N3OS/c8-4(9)6-7-3-1-2-5-7/h5H,1-3H2,(H2,6,8,9). The maximum absolute atomic E-state index is 8.55. The second-order valence-electron chi connectivity index (χ2n) is 1.83. The molecule has 0 bridgehead atoms. The van der Waals surface area contributed by atoms with Crippen molar-refractivity contribution in [2.75, 3.05) is 13.1 Å². The molecule has 0 aliphatic carbocycles. The second-order valence-corrected chi connectivity index (χ2v) is 2.22. The molecule has 0 unspecified atom stereocenters. The molecule has 1 fully saturated rings. The van der Waals surface area contributed by atoms with E-state index in [1.165, 1.54) is 0 Å². The van der Waals surface area contributed by atoms with E-state index in [0.29, 0.717) is 0 Å². The van der Waals surface area contributed by atoms with Gasteiger partial charge in [0.1, 0.15) is 0 Å². The van der Waals surface area contributed by atoms with Crippen molar-refractivity contribution in [1.29, 1.82) is 0 Å². The normalized spacial score (nSPS) is 20.0. The first-order chi connectivity index (χ1) is 4.29. The minimum Gasteiger partial charge on any atom is -0.486 e. The molecule has 1 saturated heterocycles. The third-order valence-electron chi connectivity index (χ3n) is 1.09. The molecule has 1 rings (SSSR count). The summed E-state index contributed by atoms with van der Waals surface area (Å²) < 4.78 is 0. The lowest BCUT2D eigenvalue weighted by Gasteiger charge is -2.14. The first kappa shape index (κ1) is 6.73. The summed E-state index contributed by atoms with van der Waals surface area (Å²) >= 11 is 4.39. The van der Waals surface area contributed by atoms with Gasteiger partial charge in [-0.2, -0.15) is 5.12 Å². The van der Waals surface area contributed by atoms with Crippen LogP contribution in [-0.2, 0) is 0 Å². The lowest BCUT2D eigenvalue weighted by Crippen LogP contribution is -2.45. The predicted octanol–water partition coefficient (Wildman–Crippen LogP) is -0.456. The molecule has 5 heteroatoms. The van der Waals surface area contributed by atoms with Crippen molar-refractivity contribution < 1.29 is 5.11 Å². The predicted molar refractivity (Wildman–Crippen MR) is 37.7 cm³/mol. The molecule has 1 aliphatic heterocycles. The number of thiocarbonyl (C=S) groups is 1. The Morgan fingerprint density at radius 3 is 3.00 bits per heavy atom. The molecule has 0 spiro atoms. The highest BCUT2D eigenvalue weighted by Gasteiger charge is 2.09. The van der Waals surface area contributed by atoms with Crippen molar-refractivity contribution in [3.05, 3.63) is 0 Å². The molecule has 0 saturated carbocycles. The van der Waals surface area contributed by atoms with E-state index in [1.54, 1.807) is 5.12 Å². The summed E-state index contributed by atoms with van der Waals surface area (Å²) in [4.78, 5) is 0. The Hall–Kier alpha value is -0.390. The smallest absolute Gasteiger partial charge is 0.270 e. The topological polar surface area (TPSA) is 47.5 Å². The van der Waals surface area contributed by atoms with Gasteiger partial charge in [-0.25, -0.2) is 5.43 Å². The summed E-state index contributed by atoms with van der Waals surface area (Å²) in [7, 11) is 0. The molecule has 9 heavy (non-hydrogen) atoms. The van der Waals surface area contributed by atoms with Crippen LogP contribution in [0.25, 0.3) is 0 Å². The monoisotopic (exact) mass is 147 g/mol. The van der Waals surface area contributed by atoms with Crippen LogP contribution in [0.4, 0.5) is 0 Å². The number of nitrogens with one attached hydrogen (secondary N) is 2. The SMILES string of the molecule is OC(=S)NN1CCCN1. The number of hydrogen-bond acceptors (Lipinski definition) is 3. The number of nitrogens with zero attached hydrogens (tertiary/aromatic N) is 1. The van der Waals surface area contributed by atoms with E-state index in [0.717, 1.165) is 19.5 Å². The highest BCUT2D eigenvalue weighted by molar-refractivity contribution is 7.79. The minimum absolute atomic E-state index is 0.190. The van der Waals surface area contributed by atoms with E-state index < -0.39 is 0 Å². The minimum atomic E-state index is -0.190. The summed E-state index contributed by atoms with van der Waals surface area (Å²) in [5.74, 6) is 0. The quantitative estimate of drug-likeness (QED) is 0.438. The van der Waals surface area contributed by atoms with Gasteiger partial charge in [-0.1, -0.05) is 0 Å². The van der Waals surface area contributed by atoms with Gasteiger partial charge in [0.2, 0.25) is 0 Å². The fourth-order valence-electron chi connectivity index (χ4n) is 0.741. The fraction of sp³-hybridized carbons (Fsp3) is 0.750. The van der Waals surface area contributed by atoms with Gasteiger partial charge in [0, 0.05) is 13.1 Å². The molecular formula is C4H9N3OS. The van der Waals surface area contributed by atoms with Crippen molar-refractivity contribution in [1.82, 2.24) is 16.0 Å². The van der Waals surface area contributed by atoms with E-state index in [-0.39, 0.29) is 5.17 Å². The molecule has 0 atom stereocenters. The van der Waals surface area contributed by atoms with Crippen molar-refractivity contribution in [3.8, 4) is 0 Å². The van der Waals surface area contributed by atoms with Crippen LogP contribution in [0, 0.1) is 0 Å². The molecule has 0 aromatic heterocycles. The Morgan fingerprint density at radius 2 is 2.56 bits per heavy atom. The van der Waals surface area contributed by atoms with Crippen LogP contribution in [0.2, 0.25) is 0 Å². The second kappa shape index (κ2) is 2.95. The molecule has 0 amide bonds. The first-order valence-corrected chi connectivity index (χ1v) is 3.20. The number of hydrazine groups is 2. The molecular weight excluding hydrogens is 138 g/mol. The number of hydrogen-bond donors (Lipinski definition) is 3. The Kier molecular flexibility index (Phi) is 2.21. The molecule has 1 heterocycles. The lowest BCUT2D eigenvalue weighted by molar-refractivity contribution is 0.199. The molecule has 3 N–H and O–H groups in total. The largest absolute Gasteiger partial charge is 0.486 e. The van der Waals surface area contributed by atoms with Crippen molar-refractivity contribution in [2.45, 2.75) is 6.42 Å². The van der Waals surface area contributed by atoms with Gasteiger partial charge in [0.15, 0.2) is 0 Å². The van der Waals surface area contributed by atoms with Gasteiger partial charge in [-0.3, -0.25) is 5.43 Å². The molecule has 1 aliphatic rings. The maximum atomic E-state index is 8.55. The maximum Gasteiger partial charge on any atom is 0.270 e. The zero-order chi connectivity index (χ0) is 6.69. The Labute approximate surface area is 58.8 Å². The fourth-order valence-corrected chi connectivity index (χ4v) is 0.851.